The van der Waals surface area contributed by atoms with Crippen molar-refractivity contribution in [1.29, 1.82) is 0 Å². The molecule has 18 heavy (non-hydrogen) atoms. The zero-order valence-corrected chi connectivity index (χ0v) is 12.3. The maximum absolute atomic E-state index is 5.48. The molecule has 4 nitrogen and oxygen atoms in total. The second kappa shape index (κ2) is 6.06. The van der Waals surface area contributed by atoms with E-state index in [4.69, 9.17) is 4.52 Å². The van der Waals surface area contributed by atoms with E-state index in [0.29, 0.717) is 5.92 Å². The topological polar surface area (TPSA) is 51.0 Å². The first-order chi connectivity index (χ1) is 8.64. The molecule has 0 bridgehead atoms. The van der Waals surface area contributed by atoms with Crippen LogP contribution in [-0.2, 0) is 11.2 Å². The van der Waals surface area contributed by atoms with E-state index in [1.54, 1.807) is 0 Å². The molecule has 0 radical (unpaired) electrons. The predicted octanol–water partition coefficient (Wildman–Crippen LogP) is 2.60. The molecule has 1 atom stereocenters. The molecule has 1 aliphatic rings. The van der Waals surface area contributed by atoms with E-state index in [2.05, 4.69) is 36.2 Å². The van der Waals surface area contributed by atoms with Gasteiger partial charge in [0.25, 0.3) is 0 Å². The van der Waals surface area contributed by atoms with Crippen molar-refractivity contribution in [3.8, 4) is 0 Å². The van der Waals surface area contributed by atoms with Crippen LogP contribution in [0, 0.1) is 5.92 Å². The Bertz CT molecular complexity index is 372. The SMILES string of the molecule is CCSCc1noc(C(C)(C)C2CCCNC2)n1. The Morgan fingerprint density at radius 3 is 3.00 bits per heavy atom. The van der Waals surface area contributed by atoms with Crippen LogP contribution in [0.15, 0.2) is 4.52 Å². The summed E-state index contributed by atoms with van der Waals surface area (Å²) in [4.78, 5) is 4.57. The van der Waals surface area contributed by atoms with Crippen LogP contribution in [0.5, 0.6) is 0 Å². The van der Waals surface area contributed by atoms with E-state index in [9.17, 15) is 0 Å². The van der Waals surface area contributed by atoms with E-state index in [1.807, 2.05) is 11.8 Å². The summed E-state index contributed by atoms with van der Waals surface area (Å²) in [6.45, 7) is 8.76. The Morgan fingerprint density at radius 1 is 1.50 bits per heavy atom. The Balaban J connectivity index is 2.05. The van der Waals surface area contributed by atoms with Gasteiger partial charge in [-0.1, -0.05) is 25.9 Å². The highest BCUT2D eigenvalue weighted by molar-refractivity contribution is 7.98. The van der Waals surface area contributed by atoms with Crippen LogP contribution in [0.25, 0.3) is 0 Å². The molecule has 102 valence electrons. The molecule has 1 fully saturated rings. The predicted molar refractivity (Wildman–Crippen MR) is 74.8 cm³/mol. The van der Waals surface area contributed by atoms with Crippen molar-refractivity contribution in [3.63, 3.8) is 0 Å². The van der Waals surface area contributed by atoms with Gasteiger partial charge in [0.05, 0.1) is 5.75 Å². The van der Waals surface area contributed by atoms with Crippen molar-refractivity contribution in [2.75, 3.05) is 18.8 Å². The number of hydrogen-bond acceptors (Lipinski definition) is 5. The van der Waals surface area contributed by atoms with Crippen LogP contribution in [0.4, 0.5) is 0 Å². The molecule has 1 saturated heterocycles. The average molecular weight is 269 g/mol. The van der Waals surface area contributed by atoms with Crippen molar-refractivity contribution < 1.29 is 4.52 Å². The van der Waals surface area contributed by atoms with Gasteiger partial charge < -0.3 is 9.84 Å². The summed E-state index contributed by atoms with van der Waals surface area (Å²) in [6.07, 6.45) is 2.47. The molecule has 2 heterocycles. The fourth-order valence-corrected chi connectivity index (χ4v) is 2.91. The lowest BCUT2D eigenvalue weighted by molar-refractivity contribution is 0.196. The third-order valence-electron chi connectivity index (χ3n) is 3.77. The van der Waals surface area contributed by atoms with E-state index in [0.717, 1.165) is 36.3 Å². The zero-order valence-electron chi connectivity index (χ0n) is 11.5. The smallest absolute Gasteiger partial charge is 0.232 e. The number of aromatic nitrogens is 2. The molecule has 0 aliphatic carbocycles. The second-order valence-corrected chi connectivity index (χ2v) is 6.69. The third kappa shape index (κ3) is 3.06. The zero-order chi connectivity index (χ0) is 13.0. The highest BCUT2D eigenvalue weighted by Crippen LogP contribution is 2.34. The normalized spacial score (nSPS) is 21.2. The van der Waals surface area contributed by atoms with Gasteiger partial charge in [0.15, 0.2) is 5.82 Å². The minimum Gasteiger partial charge on any atom is -0.339 e. The van der Waals surface area contributed by atoms with Gasteiger partial charge in [-0.3, -0.25) is 0 Å². The van der Waals surface area contributed by atoms with Crippen molar-refractivity contribution >= 4 is 11.8 Å². The number of hydrogen-bond donors (Lipinski definition) is 1. The Hall–Kier alpha value is -0.550. The number of nitrogens with zero attached hydrogens (tertiary/aromatic N) is 2. The molecule has 0 amide bonds. The van der Waals surface area contributed by atoms with Gasteiger partial charge in [0.1, 0.15) is 0 Å². The molecule has 1 unspecified atom stereocenters. The van der Waals surface area contributed by atoms with Crippen molar-refractivity contribution in [1.82, 2.24) is 15.5 Å². The number of piperidine rings is 1. The van der Waals surface area contributed by atoms with Crippen molar-refractivity contribution in [2.45, 2.75) is 44.8 Å². The molecule has 2 rings (SSSR count). The standard InChI is InChI=1S/C13H23N3OS/c1-4-18-9-11-15-12(17-16-11)13(2,3)10-6-5-7-14-8-10/h10,14H,4-9H2,1-3H3. The lowest BCUT2D eigenvalue weighted by Crippen LogP contribution is -2.40. The van der Waals surface area contributed by atoms with Gasteiger partial charge in [-0.2, -0.15) is 16.7 Å². The maximum atomic E-state index is 5.48. The first-order valence-electron chi connectivity index (χ1n) is 6.76. The lowest BCUT2D eigenvalue weighted by Gasteiger charge is -2.34. The molecule has 5 heteroatoms. The molecular formula is C13H23N3OS. The van der Waals surface area contributed by atoms with Crippen LogP contribution in [0.3, 0.4) is 0 Å². The summed E-state index contributed by atoms with van der Waals surface area (Å²) in [6, 6.07) is 0. The molecule has 1 aromatic heterocycles. The highest BCUT2D eigenvalue weighted by Gasteiger charge is 2.37. The fourth-order valence-electron chi connectivity index (χ4n) is 2.41. The van der Waals surface area contributed by atoms with Crippen LogP contribution in [0.2, 0.25) is 0 Å². The number of rotatable bonds is 5. The largest absolute Gasteiger partial charge is 0.339 e. The number of nitrogens with one attached hydrogen (secondary N) is 1. The summed E-state index contributed by atoms with van der Waals surface area (Å²) in [5, 5.41) is 7.55. The minimum atomic E-state index is -0.0322. The van der Waals surface area contributed by atoms with E-state index in [1.165, 1.54) is 12.8 Å². The molecular weight excluding hydrogens is 246 g/mol. The molecule has 1 N–H and O–H groups in total. The molecule has 1 aromatic rings. The Labute approximate surface area is 113 Å². The van der Waals surface area contributed by atoms with Gasteiger partial charge in [-0.05, 0) is 37.6 Å². The number of thioether (sulfide) groups is 1. The van der Waals surface area contributed by atoms with E-state index < -0.39 is 0 Å². The summed E-state index contributed by atoms with van der Waals surface area (Å²) >= 11 is 1.82. The summed E-state index contributed by atoms with van der Waals surface area (Å²) in [5.74, 6) is 4.13. The Kier molecular flexibility index (Phi) is 4.67. The van der Waals surface area contributed by atoms with Crippen LogP contribution in [-0.4, -0.2) is 29.0 Å². The Morgan fingerprint density at radius 2 is 2.33 bits per heavy atom. The monoisotopic (exact) mass is 269 g/mol. The minimum absolute atomic E-state index is 0.0322. The molecule has 0 spiro atoms. The van der Waals surface area contributed by atoms with Crippen LogP contribution < -0.4 is 5.32 Å². The van der Waals surface area contributed by atoms with Gasteiger partial charge >= 0.3 is 0 Å². The van der Waals surface area contributed by atoms with Gasteiger partial charge in [0.2, 0.25) is 5.89 Å². The van der Waals surface area contributed by atoms with Gasteiger partial charge in [-0.25, -0.2) is 0 Å². The average Bonchev–Trinajstić information content (AvgIpc) is 2.87. The first-order valence-corrected chi connectivity index (χ1v) is 7.91. The molecule has 1 aliphatic heterocycles. The van der Waals surface area contributed by atoms with Crippen LogP contribution >= 0.6 is 11.8 Å². The summed E-state index contributed by atoms with van der Waals surface area (Å²) in [7, 11) is 0. The van der Waals surface area contributed by atoms with Gasteiger partial charge in [0, 0.05) is 5.41 Å². The van der Waals surface area contributed by atoms with Crippen molar-refractivity contribution in [3.05, 3.63) is 11.7 Å². The molecule has 0 saturated carbocycles. The molecule has 0 aromatic carbocycles. The van der Waals surface area contributed by atoms with E-state index >= 15 is 0 Å². The third-order valence-corrected chi connectivity index (χ3v) is 4.64. The summed E-state index contributed by atoms with van der Waals surface area (Å²) in [5.41, 5.74) is -0.0322. The van der Waals surface area contributed by atoms with Gasteiger partial charge in [-0.15, -0.1) is 0 Å². The second-order valence-electron chi connectivity index (χ2n) is 5.42. The maximum Gasteiger partial charge on any atom is 0.232 e. The van der Waals surface area contributed by atoms with Crippen molar-refractivity contribution in [2.24, 2.45) is 5.92 Å². The van der Waals surface area contributed by atoms with Crippen LogP contribution in [0.1, 0.15) is 45.3 Å². The highest BCUT2D eigenvalue weighted by atomic mass is 32.2. The first kappa shape index (κ1) is 13.9. The quantitative estimate of drug-likeness (QED) is 0.890. The van der Waals surface area contributed by atoms with E-state index in [-0.39, 0.29) is 5.41 Å². The fraction of sp³-hybridized carbons (Fsp3) is 0.846. The lowest BCUT2D eigenvalue weighted by atomic mass is 9.75. The summed E-state index contributed by atoms with van der Waals surface area (Å²) < 4.78 is 5.48.